The predicted molar refractivity (Wildman–Crippen MR) is 67.8 cm³/mol. The molecule has 0 aliphatic carbocycles. The number of nitrogen functional groups attached to an aromatic ring is 1. The zero-order valence-electron chi connectivity index (χ0n) is 8.84. The third-order valence-corrected chi connectivity index (χ3v) is 2.73. The number of aromatic nitrogens is 3. The molecule has 0 aliphatic heterocycles. The molecule has 0 bridgehead atoms. The third kappa shape index (κ3) is 1.62. The van der Waals surface area contributed by atoms with Gasteiger partial charge in [-0.15, -0.1) is 0 Å². The van der Waals surface area contributed by atoms with Gasteiger partial charge in [0.2, 0.25) is 0 Å². The summed E-state index contributed by atoms with van der Waals surface area (Å²) in [6.07, 6.45) is 0. The van der Waals surface area contributed by atoms with Gasteiger partial charge in [0, 0.05) is 5.56 Å². The van der Waals surface area contributed by atoms with Crippen molar-refractivity contribution in [2.75, 3.05) is 5.73 Å². The second-order valence-electron chi connectivity index (χ2n) is 3.64. The minimum Gasteiger partial charge on any atom is -0.382 e. The first-order valence-corrected chi connectivity index (χ1v) is 5.50. The molecule has 0 saturated heterocycles. The molecule has 3 aromatic rings. The van der Waals surface area contributed by atoms with Gasteiger partial charge < -0.3 is 5.73 Å². The summed E-state index contributed by atoms with van der Waals surface area (Å²) in [7, 11) is 0. The molecule has 0 fully saturated rings. The predicted octanol–water partition coefficient (Wildman–Crippen LogP) is 2.63. The highest BCUT2D eigenvalue weighted by Crippen LogP contribution is 2.25. The van der Waals surface area contributed by atoms with Crippen molar-refractivity contribution >= 4 is 23.1 Å². The van der Waals surface area contributed by atoms with Crippen LogP contribution < -0.4 is 5.73 Å². The van der Waals surface area contributed by atoms with E-state index >= 15 is 0 Å². The molecular formula is C12H9ClN4. The molecule has 2 aromatic heterocycles. The van der Waals surface area contributed by atoms with Gasteiger partial charge >= 0.3 is 0 Å². The Morgan fingerprint density at radius 3 is 2.59 bits per heavy atom. The van der Waals surface area contributed by atoms with Crippen LogP contribution in [0.15, 0.2) is 42.5 Å². The molecule has 1 aromatic carbocycles. The van der Waals surface area contributed by atoms with Crippen LogP contribution in [-0.2, 0) is 0 Å². The van der Waals surface area contributed by atoms with Crippen molar-refractivity contribution in [2.24, 2.45) is 0 Å². The molecule has 4 nitrogen and oxygen atoms in total. The quantitative estimate of drug-likeness (QED) is 0.716. The monoisotopic (exact) mass is 244 g/mol. The van der Waals surface area contributed by atoms with E-state index in [0.717, 1.165) is 11.3 Å². The molecule has 84 valence electrons. The van der Waals surface area contributed by atoms with Crippen molar-refractivity contribution in [1.82, 2.24) is 14.6 Å². The first-order chi connectivity index (χ1) is 8.25. The SMILES string of the molecule is Nc1c(-c2ccccc2)nc2ccc(Cl)nn12. The van der Waals surface area contributed by atoms with Gasteiger partial charge in [-0.2, -0.15) is 9.61 Å². The molecule has 0 aliphatic rings. The lowest BCUT2D eigenvalue weighted by Gasteiger charge is -1.98. The largest absolute Gasteiger partial charge is 0.382 e. The summed E-state index contributed by atoms with van der Waals surface area (Å²) in [4.78, 5) is 4.44. The average Bonchev–Trinajstić information content (AvgIpc) is 2.68. The van der Waals surface area contributed by atoms with Gasteiger partial charge in [0.15, 0.2) is 11.5 Å². The van der Waals surface area contributed by atoms with Crippen LogP contribution in [0.3, 0.4) is 0 Å². The Morgan fingerprint density at radius 2 is 1.82 bits per heavy atom. The van der Waals surface area contributed by atoms with Crippen LogP contribution in [0.1, 0.15) is 0 Å². The Kier molecular flexibility index (Phi) is 2.23. The highest BCUT2D eigenvalue weighted by Gasteiger charge is 2.11. The van der Waals surface area contributed by atoms with Crippen molar-refractivity contribution in [3.63, 3.8) is 0 Å². The first-order valence-electron chi connectivity index (χ1n) is 5.12. The number of rotatable bonds is 1. The maximum atomic E-state index is 6.02. The Bertz CT molecular complexity index is 676. The lowest BCUT2D eigenvalue weighted by atomic mass is 10.1. The van der Waals surface area contributed by atoms with E-state index in [-0.39, 0.29) is 0 Å². The van der Waals surface area contributed by atoms with Gasteiger partial charge in [0.1, 0.15) is 10.8 Å². The summed E-state index contributed by atoms with van der Waals surface area (Å²) in [6, 6.07) is 13.2. The maximum absolute atomic E-state index is 6.02. The fraction of sp³-hybridized carbons (Fsp3) is 0. The summed E-state index contributed by atoms with van der Waals surface area (Å²) < 4.78 is 1.55. The number of hydrogen-bond donors (Lipinski definition) is 1. The fourth-order valence-electron chi connectivity index (χ4n) is 1.74. The minimum absolute atomic E-state index is 0.390. The Hall–Kier alpha value is -2.07. The molecule has 0 spiro atoms. The summed E-state index contributed by atoms with van der Waals surface area (Å²) in [5.41, 5.74) is 8.39. The zero-order chi connectivity index (χ0) is 11.8. The Labute approximate surface area is 103 Å². The number of fused-ring (bicyclic) bond motifs is 1. The molecule has 0 amide bonds. The van der Waals surface area contributed by atoms with Crippen LogP contribution in [0.5, 0.6) is 0 Å². The average molecular weight is 245 g/mol. The van der Waals surface area contributed by atoms with Crippen molar-refractivity contribution in [2.45, 2.75) is 0 Å². The molecule has 2 heterocycles. The van der Waals surface area contributed by atoms with Gasteiger partial charge in [-0.05, 0) is 12.1 Å². The number of halogens is 1. The summed E-state index contributed by atoms with van der Waals surface area (Å²) in [6.45, 7) is 0. The number of nitrogens with two attached hydrogens (primary N) is 1. The maximum Gasteiger partial charge on any atom is 0.156 e. The number of anilines is 1. The van der Waals surface area contributed by atoms with Crippen LogP contribution in [0.2, 0.25) is 5.15 Å². The van der Waals surface area contributed by atoms with E-state index in [2.05, 4.69) is 10.1 Å². The number of nitrogens with zero attached hydrogens (tertiary/aromatic N) is 3. The van der Waals surface area contributed by atoms with Gasteiger partial charge in [-0.3, -0.25) is 0 Å². The van der Waals surface area contributed by atoms with Crippen molar-refractivity contribution in [1.29, 1.82) is 0 Å². The van der Waals surface area contributed by atoms with Crippen LogP contribution in [-0.4, -0.2) is 14.6 Å². The molecule has 0 saturated carbocycles. The van der Waals surface area contributed by atoms with Crippen molar-refractivity contribution in [3.05, 3.63) is 47.6 Å². The molecule has 3 rings (SSSR count). The molecule has 2 N–H and O–H groups in total. The van der Waals surface area contributed by atoms with Gasteiger partial charge in [0.25, 0.3) is 0 Å². The fourth-order valence-corrected chi connectivity index (χ4v) is 1.88. The molecule has 0 atom stereocenters. The third-order valence-electron chi connectivity index (χ3n) is 2.53. The van der Waals surface area contributed by atoms with E-state index in [1.54, 1.807) is 16.6 Å². The minimum atomic E-state index is 0.390. The number of imidazole rings is 1. The van der Waals surface area contributed by atoms with E-state index in [0.29, 0.717) is 16.6 Å². The molecule has 0 radical (unpaired) electrons. The van der Waals surface area contributed by atoms with E-state index in [9.17, 15) is 0 Å². The van der Waals surface area contributed by atoms with Crippen LogP contribution in [0, 0.1) is 0 Å². The van der Waals surface area contributed by atoms with E-state index < -0.39 is 0 Å². The Morgan fingerprint density at radius 1 is 1.06 bits per heavy atom. The van der Waals surface area contributed by atoms with E-state index in [4.69, 9.17) is 17.3 Å². The number of benzene rings is 1. The van der Waals surface area contributed by atoms with Crippen molar-refractivity contribution in [3.8, 4) is 11.3 Å². The van der Waals surface area contributed by atoms with Crippen LogP contribution in [0.4, 0.5) is 5.82 Å². The molecular weight excluding hydrogens is 236 g/mol. The van der Waals surface area contributed by atoms with E-state index in [1.165, 1.54) is 0 Å². The van der Waals surface area contributed by atoms with Crippen molar-refractivity contribution < 1.29 is 0 Å². The summed E-state index contributed by atoms with van der Waals surface area (Å²) >= 11 is 5.83. The standard InChI is InChI=1S/C12H9ClN4/c13-9-6-7-10-15-11(12(14)17(10)16-9)8-4-2-1-3-5-8/h1-7H,14H2. The van der Waals surface area contributed by atoms with Gasteiger partial charge in [-0.1, -0.05) is 41.9 Å². The second-order valence-corrected chi connectivity index (χ2v) is 4.02. The van der Waals surface area contributed by atoms with Gasteiger partial charge in [-0.25, -0.2) is 4.98 Å². The lowest BCUT2D eigenvalue weighted by molar-refractivity contribution is 0.947. The highest BCUT2D eigenvalue weighted by molar-refractivity contribution is 6.29. The first kappa shape index (κ1) is 10.1. The van der Waals surface area contributed by atoms with Gasteiger partial charge in [0.05, 0.1) is 0 Å². The molecule has 17 heavy (non-hydrogen) atoms. The van der Waals surface area contributed by atoms with Crippen LogP contribution in [0.25, 0.3) is 16.9 Å². The van der Waals surface area contributed by atoms with E-state index in [1.807, 2.05) is 30.3 Å². The smallest absolute Gasteiger partial charge is 0.156 e. The zero-order valence-corrected chi connectivity index (χ0v) is 9.59. The summed E-state index contributed by atoms with van der Waals surface area (Å²) in [5.74, 6) is 0.494. The summed E-state index contributed by atoms with van der Waals surface area (Å²) in [5, 5.41) is 4.51. The Balaban J connectivity index is 2.28. The highest BCUT2D eigenvalue weighted by atomic mass is 35.5. The molecule has 0 unspecified atom stereocenters. The topological polar surface area (TPSA) is 56.2 Å². The van der Waals surface area contributed by atoms with Crippen LogP contribution >= 0.6 is 11.6 Å². The molecule has 5 heteroatoms. The number of hydrogen-bond acceptors (Lipinski definition) is 3. The second kappa shape index (κ2) is 3.75. The normalized spacial score (nSPS) is 10.9. The lowest BCUT2D eigenvalue weighted by Crippen LogP contribution is -1.97.